The third-order valence-corrected chi connectivity index (χ3v) is 4.68. The molecule has 1 fully saturated rings. The van der Waals surface area contributed by atoms with Crippen molar-refractivity contribution >= 4 is 29.2 Å². The molecule has 1 saturated heterocycles. The summed E-state index contributed by atoms with van der Waals surface area (Å²) in [6.07, 6.45) is 0.309. The zero-order chi connectivity index (χ0) is 15.6. The molecule has 0 amide bonds. The molecule has 0 spiro atoms. The van der Waals surface area contributed by atoms with Crippen LogP contribution in [0.4, 0.5) is 0 Å². The van der Waals surface area contributed by atoms with Gasteiger partial charge >= 0.3 is 5.97 Å². The lowest BCUT2D eigenvalue weighted by atomic mass is 9.93. The standard InChI is InChI=1S/C15H19Cl2NO3/c1-9-8-18(6-5-13(9)19)14(15(20)21-2)10-3-4-11(16)12(17)7-10/h3-4,7,9,13-14,19H,5-6,8H2,1-2H3/t9-,13+,14-/m0/s1. The number of halogens is 2. The van der Waals surface area contributed by atoms with Gasteiger partial charge in [-0.15, -0.1) is 0 Å². The molecule has 1 heterocycles. The molecule has 2 rings (SSSR count). The van der Waals surface area contributed by atoms with Gasteiger partial charge in [-0.2, -0.15) is 0 Å². The highest BCUT2D eigenvalue weighted by Crippen LogP contribution is 2.31. The Bertz CT molecular complexity index is 524. The molecule has 0 aromatic heterocycles. The van der Waals surface area contributed by atoms with Gasteiger partial charge in [0.15, 0.2) is 0 Å². The molecule has 1 N–H and O–H groups in total. The van der Waals surface area contributed by atoms with Crippen molar-refractivity contribution in [2.75, 3.05) is 20.2 Å². The molecule has 0 saturated carbocycles. The molecule has 4 nitrogen and oxygen atoms in total. The Hall–Kier alpha value is -0.810. The van der Waals surface area contributed by atoms with Gasteiger partial charge in [-0.05, 0) is 30.0 Å². The molecule has 6 heteroatoms. The largest absolute Gasteiger partial charge is 0.468 e. The molecule has 21 heavy (non-hydrogen) atoms. The third kappa shape index (κ3) is 3.69. The number of benzene rings is 1. The van der Waals surface area contributed by atoms with Gasteiger partial charge in [-0.3, -0.25) is 4.90 Å². The first-order valence-corrected chi connectivity index (χ1v) is 7.64. The molecule has 1 aromatic rings. The summed E-state index contributed by atoms with van der Waals surface area (Å²) in [6, 6.07) is 4.63. The number of hydrogen-bond donors (Lipinski definition) is 1. The van der Waals surface area contributed by atoms with Crippen molar-refractivity contribution in [3.05, 3.63) is 33.8 Å². The quantitative estimate of drug-likeness (QED) is 0.865. The van der Waals surface area contributed by atoms with E-state index in [1.165, 1.54) is 7.11 Å². The summed E-state index contributed by atoms with van der Waals surface area (Å²) in [5.74, 6) is -0.231. The second kappa shape index (κ2) is 6.97. The van der Waals surface area contributed by atoms with Gasteiger partial charge in [0, 0.05) is 13.1 Å². The first-order chi connectivity index (χ1) is 9.93. The van der Waals surface area contributed by atoms with E-state index < -0.39 is 6.04 Å². The van der Waals surface area contributed by atoms with Crippen molar-refractivity contribution in [2.24, 2.45) is 5.92 Å². The Labute approximate surface area is 134 Å². The van der Waals surface area contributed by atoms with Crippen LogP contribution in [0.2, 0.25) is 10.0 Å². The summed E-state index contributed by atoms with van der Waals surface area (Å²) in [7, 11) is 1.37. The third-order valence-electron chi connectivity index (χ3n) is 3.94. The maximum atomic E-state index is 12.2. The van der Waals surface area contributed by atoms with E-state index in [1.54, 1.807) is 18.2 Å². The van der Waals surface area contributed by atoms with Crippen LogP contribution in [-0.2, 0) is 9.53 Å². The Balaban J connectivity index is 2.30. The van der Waals surface area contributed by atoms with Crippen LogP contribution >= 0.6 is 23.2 Å². The highest BCUT2D eigenvalue weighted by molar-refractivity contribution is 6.42. The van der Waals surface area contributed by atoms with Gasteiger partial charge in [0.1, 0.15) is 6.04 Å². The topological polar surface area (TPSA) is 49.8 Å². The average molecular weight is 332 g/mol. The number of carbonyl (C=O) groups excluding carboxylic acids is 1. The van der Waals surface area contributed by atoms with Crippen LogP contribution in [0.3, 0.4) is 0 Å². The van der Waals surface area contributed by atoms with Crippen LogP contribution in [0.15, 0.2) is 18.2 Å². The number of aliphatic hydroxyl groups is 1. The van der Waals surface area contributed by atoms with Crippen molar-refractivity contribution in [1.82, 2.24) is 4.90 Å². The van der Waals surface area contributed by atoms with Crippen molar-refractivity contribution in [2.45, 2.75) is 25.5 Å². The fraction of sp³-hybridized carbons (Fsp3) is 0.533. The number of esters is 1. The highest BCUT2D eigenvalue weighted by Gasteiger charge is 2.34. The van der Waals surface area contributed by atoms with E-state index >= 15 is 0 Å². The minimum absolute atomic E-state index is 0.105. The van der Waals surface area contributed by atoms with E-state index in [4.69, 9.17) is 27.9 Å². The molecule has 0 radical (unpaired) electrons. The summed E-state index contributed by atoms with van der Waals surface area (Å²) in [4.78, 5) is 14.2. The lowest BCUT2D eigenvalue weighted by Crippen LogP contribution is -2.46. The minimum atomic E-state index is -0.528. The van der Waals surface area contributed by atoms with Crippen molar-refractivity contribution in [1.29, 1.82) is 0 Å². The first-order valence-electron chi connectivity index (χ1n) is 6.89. The van der Waals surface area contributed by atoms with Crippen LogP contribution in [0.1, 0.15) is 24.9 Å². The fourth-order valence-corrected chi connectivity index (χ4v) is 3.00. The minimum Gasteiger partial charge on any atom is -0.468 e. The van der Waals surface area contributed by atoms with Crippen molar-refractivity contribution < 1.29 is 14.6 Å². The molecular weight excluding hydrogens is 313 g/mol. The Morgan fingerprint density at radius 3 is 2.71 bits per heavy atom. The van der Waals surface area contributed by atoms with Crippen LogP contribution in [0.5, 0.6) is 0 Å². The summed E-state index contributed by atoms with van der Waals surface area (Å²) in [5, 5.41) is 10.7. The zero-order valence-electron chi connectivity index (χ0n) is 12.1. The predicted molar refractivity (Wildman–Crippen MR) is 82.6 cm³/mol. The van der Waals surface area contributed by atoms with Crippen molar-refractivity contribution in [3.63, 3.8) is 0 Å². The Kier molecular flexibility index (Phi) is 5.49. The molecule has 3 atom stereocenters. The predicted octanol–water partition coefficient (Wildman–Crippen LogP) is 2.91. The molecule has 1 aliphatic heterocycles. The van der Waals surface area contributed by atoms with E-state index in [9.17, 15) is 9.90 Å². The van der Waals surface area contributed by atoms with E-state index in [0.717, 1.165) is 5.56 Å². The monoisotopic (exact) mass is 331 g/mol. The van der Waals surface area contributed by atoms with Crippen LogP contribution in [-0.4, -0.2) is 42.3 Å². The van der Waals surface area contributed by atoms with Crippen LogP contribution in [0.25, 0.3) is 0 Å². The molecule has 1 aliphatic rings. The maximum Gasteiger partial charge on any atom is 0.327 e. The molecule has 0 aliphatic carbocycles. The number of ether oxygens (including phenoxy) is 1. The number of carbonyl (C=O) groups is 1. The number of methoxy groups -OCH3 is 1. The molecular formula is C15H19Cl2NO3. The summed E-state index contributed by atoms with van der Waals surface area (Å²) < 4.78 is 4.93. The van der Waals surface area contributed by atoms with Gasteiger partial charge in [0.25, 0.3) is 0 Å². The molecule has 1 aromatic carbocycles. The first kappa shape index (κ1) is 16.6. The van der Waals surface area contributed by atoms with E-state index in [-0.39, 0.29) is 18.0 Å². The Morgan fingerprint density at radius 2 is 2.14 bits per heavy atom. The smallest absolute Gasteiger partial charge is 0.327 e. The lowest BCUT2D eigenvalue weighted by molar-refractivity contribution is -0.149. The second-order valence-corrected chi connectivity index (χ2v) is 6.24. The number of rotatable bonds is 3. The van der Waals surface area contributed by atoms with Gasteiger partial charge in [0.2, 0.25) is 0 Å². The second-order valence-electron chi connectivity index (χ2n) is 5.43. The molecule has 0 unspecified atom stereocenters. The van der Waals surface area contributed by atoms with E-state index in [0.29, 0.717) is 29.6 Å². The molecule has 116 valence electrons. The van der Waals surface area contributed by atoms with Crippen LogP contribution < -0.4 is 0 Å². The number of likely N-dealkylation sites (tertiary alicyclic amines) is 1. The highest BCUT2D eigenvalue weighted by atomic mass is 35.5. The summed E-state index contributed by atoms with van der Waals surface area (Å²) in [6.45, 7) is 3.23. The normalized spacial score (nSPS) is 24.6. The van der Waals surface area contributed by atoms with Gasteiger partial charge in [-0.25, -0.2) is 4.79 Å². The summed E-state index contributed by atoms with van der Waals surface area (Å²) in [5.41, 5.74) is 0.750. The van der Waals surface area contributed by atoms with Gasteiger partial charge in [0.05, 0.1) is 23.3 Å². The fourth-order valence-electron chi connectivity index (χ4n) is 2.69. The number of hydrogen-bond acceptors (Lipinski definition) is 4. The molecule has 0 bridgehead atoms. The SMILES string of the molecule is COC(=O)[C@H](c1ccc(Cl)c(Cl)c1)N1CC[C@@H](O)[C@@H](C)C1. The average Bonchev–Trinajstić information content (AvgIpc) is 2.46. The van der Waals surface area contributed by atoms with Crippen LogP contribution in [0, 0.1) is 5.92 Å². The number of aliphatic hydroxyl groups excluding tert-OH is 1. The lowest BCUT2D eigenvalue weighted by Gasteiger charge is -2.38. The van der Waals surface area contributed by atoms with Gasteiger partial charge in [-0.1, -0.05) is 36.2 Å². The number of nitrogens with zero attached hydrogens (tertiary/aromatic N) is 1. The Morgan fingerprint density at radius 1 is 1.43 bits per heavy atom. The summed E-state index contributed by atoms with van der Waals surface area (Å²) >= 11 is 12.0. The number of piperidine rings is 1. The van der Waals surface area contributed by atoms with E-state index in [1.807, 2.05) is 11.8 Å². The van der Waals surface area contributed by atoms with E-state index in [2.05, 4.69) is 0 Å². The zero-order valence-corrected chi connectivity index (χ0v) is 13.6. The maximum absolute atomic E-state index is 12.2. The van der Waals surface area contributed by atoms with Crippen molar-refractivity contribution in [3.8, 4) is 0 Å². The van der Waals surface area contributed by atoms with Gasteiger partial charge < -0.3 is 9.84 Å².